The molecule has 0 aliphatic rings. The molecule has 0 spiro atoms. The highest BCUT2D eigenvalue weighted by atomic mass is 32.2. The van der Waals surface area contributed by atoms with E-state index in [-0.39, 0.29) is 0 Å². The van der Waals surface area contributed by atoms with Crippen LogP contribution in [0, 0.1) is 11.6 Å². The second-order valence-electron chi connectivity index (χ2n) is 4.55. The van der Waals surface area contributed by atoms with Crippen LogP contribution in [0.4, 0.5) is 8.78 Å². The Bertz CT molecular complexity index is 472. The number of aliphatic imine (C=N–C) groups is 1. The Kier molecular flexibility index (Phi) is 9.37. The van der Waals surface area contributed by atoms with Gasteiger partial charge in [0.2, 0.25) is 0 Å². The lowest BCUT2D eigenvalue weighted by Gasteiger charge is -2.12. The van der Waals surface area contributed by atoms with Crippen molar-refractivity contribution in [1.29, 1.82) is 0 Å². The lowest BCUT2D eigenvalue weighted by Crippen LogP contribution is -2.39. The first-order chi connectivity index (χ1) is 10.7. The predicted molar refractivity (Wildman–Crippen MR) is 88.8 cm³/mol. The highest BCUT2D eigenvalue weighted by Crippen LogP contribution is 2.14. The van der Waals surface area contributed by atoms with Crippen molar-refractivity contribution in [1.82, 2.24) is 10.6 Å². The number of benzene rings is 1. The molecule has 0 saturated heterocycles. The Balaban J connectivity index is 2.17. The van der Waals surface area contributed by atoms with Crippen LogP contribution in [-0.2, 0) is 0 Å². The summed E-state index contributed by atoms with van der Waals surface area (Å²) in [5.74, 6) is 0.388. The van der Waals surface area contributed by atoms with E-state index in [0.29, 0.717) is 24.9 Å². The fourth-order valence-corrected chi connectivity index (χ4v) is 2.20. The van der Waals surface area contributed by atoms with Gasteiger partial charge in [0, 0.05) is 19.7 Å². The first-order valence-electron chi connectivity index (χ1n) is 7.18. The van der Waals surface area contributed by atoms with Crippen LogP contribution in [0.3, 0.4) is 0 Å². The maximum atomic E-state index is 13.0. The van der Waals surface area contributed by atoms with Gasteiger partial charge in [-0.15, -0.1) is 0 Å². The molecule has 4 nitrogen and oxygen atoms in total. The first-order valence-corrected chi connectivity index (χ1v) is 8.58. The Morgan fingerprint density at radius 1 is 1.18 bits per heavy atom. The van der Waals surface area contributed by atoms with Gasteiger partial charge in [-0.05, 0) is 37.0 Å². The van der Waals surface area contributed by atoms with Crippen molar-refractivity contribution in [2.45, 2.75) is 12.8 Å². The second-order valence-corrected chi connectivity index (χ2v) is 5.54. The SMILES string of the molecule is CN=C(NCCCCSC)NCCOc1ccc(F)c(F)c1. The zero-order valence-corrected chi connectivity index (χ0v) is 13.8. The number of hydrogen-bond donors (Lipinski definition) is 2. The maximum Gasteiger partial charge on any atom is 0.191 e. The first kappa shape index (κ1) is 18.5. The number of unbranched alkanes of at least 4 members (excludes halogenated alkanes) is 1. The van der Waals surface area contributed by atoms with Gasteiger partial charge < -0.3 is 15.4 Å². The summed E-state index contributed by atoms with van der Waals surface area (Å²) in [6.07, 6.45) is 4.36. The number of thioether (sulfide) groups is 1. The van der Waals surface area contributed by atoms with Gasteiger partial charge in [-0.25, -0.2) is 8.78 Å². The molecule has 0 aliphatic carbocycles. The minimum Gasteiger partial charge on any atom is -0.492 e. The van der Waals surface area contributed by atoms with Gasteiger partial charge in [0.05, 0.1) is 6.54 Å². The van der Waals surface area contributed by atoms with Crippen LogP contribution in [0.25, 0.3) is 0 Å². The summed E-state index contributed by atoms with van der Waals surface area (Å²) in [7, 11) is 1.70. The number of ether oxygens (including phenoxy) is 1. The van der Waals surface area contributed by atoms with Gasteiger partial charge in [-0.1, -0.05) is 0 Å². The summed E-state index contributed by atoms with van der Waals surface area (Å²) in [6, 6.07) is 3.48. The van der Waals surface area contributed by atoms with Gasteiger partial charge in [-0.2, -0.15) is 11.8 Å². The van der Waals surface area contributed by atoms with Crippen molar-refractivity contribution in [3.8, 4) is 5.75 Å². The average Bonchev–Trinajstić information content (AvgIpc) is 2.52. The van der Waals surface area contributed by atoms with Gasteiger partial charge in [-0.3, -0.25) is 4.99 Å². The summed E-state index contributed by atoms with van der Waals surface area (Å²) < 4.78 is 31.1. The topological polar surface area (TPSA) is 45.7 Å². The molecule has 7 heteroatoms. The zero-order chi connectivity index (χ0) is 16.2. The van der Waals surface area contributed by atoms with Crippen LogP contribution in [0.1, 0.15) is 12.8 Å². The minimum absolute atomic E-state index is 0.306. The highest BCUT2D eigenvalue weighted by molar-refractivity contribution is 7.98. The molecule has 0 atom stereocenters. The monoisotopic (exact) mass is 331 g/mol. The van der Waals surface area contributed by atoms with Crippen LogP contribution >= 0.6 is 11.8 Å². The lowest BCUT2D eigenvalue weighted by atomic mass is 10.3. The minimum atomic E-state index is -0.909. The van der Waals surface area contributed by atoms with Crippen LogP contribution in [-0.4, -0.2) is 44.7 Å². The predicted octanol–water partition coefficient (Wildman–Crippen LogP) is 2.65. The van der Waals surface area contributed by atoms with Crippen LogP contribution in [0.5, 0.6) is 5.75 Å². The van der Waals surface area contributed by atoms with Crippen molar-refractivity contribution >= 4 is 17.7 Å². The van der Waals surface area contributed by atoms with Gasteiger partial charge >= 0.3 is 0 Å². The number of halogens is 2. The molecule has 1 aromatic carbocycles. The summed E-state index contributed by atoms with van der Waals surface area (Å²) in [5.41, 5.74) is 0. The molecule has 0 amide bonds. The van der Waals surface area contributed by atoms with Crippen molar-refractivity contribution < 1.29 is 13.5 Å². The molecule has 0 radical (unpaired) electrons. The van der Waals surface area contributed by atoms with E-state index < -0.39 is 11.6 Å². The number of hydrogen-bond acceptors (Lipinski definition) is 3. The van der Waals surface area contributed by atoms with E-state index in [9.17, 15) is 8.78 Å². The Morgan fingerprint density at radius 3 is 2.64 bits per heavy atom. The third-order valence-electron chi connectivity index (χ3n) is 2.85. The van der Waals surface area contributed by atoms with Gasteiger partial charge in [0.25, 0.3) is 0 Å². The molecule has 0 aliphatic heterocycles. The Hall–Kier alpha value is -1.50. The molecule has 0 aromatic heterocycles. The maximum absolute atomic E-state index is 13.0. The molecular formula is C15H23F2N3OS. The normalized spacial score (nSPS) is 11.4. The summed E-state index contributed by atoms with van der Waals surface area (Å²) >= 11 is 1.84. The lowest BCUT2D eigenvalue weighted by molar-refractivity contribution is 0.318. The van der Waals surface area contributed by atoms with E-state index in [2.05, 4.69) is 21.9 Å². The number of nitrogens with one attached hydrogen (secondary N) is 2. The molecular weight excluding hydrogens is 308 g/mol. The Labute approximate surface area is 134 Å². The number of nitrogens with zero attached hydrogens (tertiary/aromatic N) is 1. The Morgan fingerprint density at radius 2 is 1.95 bits per heavy atom. The molecule has 0 heterocycles. The molecule has 0 unspecified atom stereocenters. The number of rotatable bonds is 9. The molecule has 0 saturated carbocycles. The summed E-state index contributed by atoms with van der Waals surface area (Å²) in [5, 5.41) is 6.31. The average molecular weight is 331 g/mol. The molecule has 0 fully saturated rings. The van der Waals surface area contributed by atoms with Gasteiger partial charge in [0.1, 0.15) is 12.4 Å². The van der Waals surface area contributed by atoms with Crippen molar-refractivity contribution in [3.05, 3.63) is 29.8 Å². The number of guanidine groups is 1. The highest BCUT2D eigenvalue weighted by Gasteiger charge is 2.03. The molecule has 124 valence electrons. The summed E-state index contributed by atoms with van der Waals surface area (Å²) in [6.45, 7) is 1.71. The van der Waals surface area contributed by atoms with Crippen molar-refractivity contribution in [2.24, 2.45) is 4.99 Å². The molecule has 2 N–H and O–H groups in total. The third kappa shape index (κ3) is 7.49. The third-order valence-corrected chi connectivity index (χ3v) is 3.54. The van der Waals surface area contributed by atoms with E-state index in [4.69, 9.17) is 4.74 Å². The standard InChI is InChI=1S/C15H23F2N3OS/c1-18-15(19-7-3-4-10-22-2)20-8-9-21-12-5-6-13(16)14(17)11-12/h5-6,11H,3-4,7-10H2,1-2H3,(H2,18,19,20). The van der Waals surface area contributed by atoms with Gasteiger partial charge in [0.15, 0.2) is 17.6 Å². The quantitative estimate of drug-likeness (QED) is 0.415. The van der Waals surface area contributed by atoms with Crippen molar-refractivity contribution in [2.75, 3.05) is 38.8 Å². The second kappa shape index (κ2) is 11.1. The largest absolute Gasteiger partial charge is 0.492 e. The van der Waals surface area contributed by atoms with Crippen LogP contribution in [0.2, 0.25) is 0 Å². The fourth-order valence-electron chi connectivity index (χ4n) is 1.70. The van der Waals surface area contributed by atoms with Crippen LogP contribution < -0.4 is 15.4 Å². The van der Waals surface area contributed by atoms with E-state index in [1.54, 1.807) is 7.05 Å². The van der Waals surface area contributed by atoms with Crippen LogP contribution in [0.15, 0.2) is 23.2 Å². The van der Waals surface area contributed by atoms with E-state index in [0.717, 1.165) is 30.9 Å². The fraction of sp³-hybridized carbons (Fsp3) is 0.533. The smallest absolute Gasteiger partial charge is 0.191 e. The molecule has 22 heavy (non-hydrogen) atoms. The molecule has 1 aromatic rings. The zero-order valence-electron chi connectivity index (χ0n) is 13.0. The van der Waals surface area contributed by atoms with E-state index in [1.807, 2.05) is 11.8 Å². The van der Waals surface area contributed by atoms with E-state index in [1.165, 1.54) is 12.5 Å². The van der Waals surface area contributed by atoms with E-state index >= 15 is 0 Å². The molecule has 0 bridgehead atoms. The summed E-state index contributed by atoms with van der Waals surface area (Å²) in [4.78, 5) is 4.10. The van der Waals surface area contributed by atoms with Crippen molar-refractivity contribution in [3.63, 3.8) is 0 Å². The molecule has 1 rings (SSSR count).